The van der Waals surface area contributed by atoms with Gasteiger partial charge in [0.1, 0.15) is 0 Å². The van der Waals surface area contributed by atoms with Crippen molar-refractivity contribution in [3.05, 3.63) is 54.2 Å². The molecule has 1 N–H and O–H groups in total. The number of nitrogens with one attached hydrogen (secondary N) is 1. The lowest BCUT2D eigenvalue weighted by Gasteiger charge is -2.01. The molecule has 0 fully saturated rings. The van der Waals surface area contributed by atoms with E-state index in [1.54, 1.807) is 18.7 Å². The molecule has 0 spiro atoms. The quantitative estimate of drug-likeness (QED) is 0.695. The van der Waals surface area contributed by atoms with E-state index in [1.165, 1.54) is 0 Å². The molecule has 0 unspecified atom stereocenters. The van der Waals surface area contributed by atoms with Gasteiger partial charge in [-0.25, -0.2) is 4.98 Å². The summed E-state index contributed by atoms with van der Waals surface area (Å²) in [5.74, 6) is 0. The molecular weight excluding hydrogens is 224 g/mol. The van der Waals surface area contributed by atoms with E-state index >= 15 is 0 Å². The van der Waals surface area contributed by atoms with Gasteiger partial charge >= 0.3 is 0 Å². The predicted octanol–water partition coefficient (Wildman–Crippen LogP) is 3.02. The smallest absolute Gasteiger partial charge is 0.0961 e. The topological polar surface area (TPSA) is 53.9 Å². The van der Waals surface area contributed by atoms with Crippen LogP contribution in [0.25, 0.3) is 10.9 Å². The summed E-state index contributed by atoms with van der Waals surface area (Å²) < 4.78 is 0. The maximum absolute atomic E-state index is 4.54. The first-order valence-corrected chi connectivity index (χ1v) is 5.72. The number of hydrogen-bond acceptors (Lipinski definition) is 3. The zero-order valence-corrected chi connectivity index (χ0v) is 9.96. The third-order valence-electron chi connectivity index (χ3n) is 2.70. The number of aliphatic imine (C=N–C) groups is 1. The zero-order valence-electron chi connectivity index (χ0n) is 9.96. The number of rotatable bonds is 2. The first-order valence-electron chi connectivity index (χ1n) is 5.72. The SMILES string of the molecule is Cc1ccc2cccc(N=Cc3cnc[nH]3)c2n1. The normalized spacial score (nSPS) is 11.4. The lowest BCUT2D eigenvalue weighted by Crippen LogP contribution is -1.84. The lowest BCUT2D eigenvalue weighted by atomic mass is 10.2. The molecule has 0 amide bonds. The highest BCUT2D eigenvalue weighted by molar-refractivity contribution is 5.92. The summed E-state index contributed by atoms with van der Waals surface area (Å²) in [5, 5.41) is 1.10. The summed E-state index contributed by atoms with van der Waals surface area (Å²) in [4.78, 5) is 15.9. The van der Waals surface area contributed by atoms with Crippen molar-refractivity contribution < 1.29 is 0 Å². The van der Waals surface area contributed by atoms with Gasteiger partial charge in [-0.3, -0.25) is 9.98 Å². The van der Waals surface area contributed by atoms with Crippen LogP contribution in [0.15, 0.2) is 47.8 Å². The number of aromatic nitrogens is 3. The molecule has 18 heavy (non-hydrogen) atoms. The van der Waals surface area contributed by atoms with Crippen LogP contribution in [0.4, 0.5) is 5.69 Å². The van der Waals surface area contributed by atoms with Gasteiger partial charge in [0.05, 0.1) is 35.6 Å². The van der Waals surface area contributed by atoms with Gasteiger partial charge in [-0.1, -0.05) is 18.2 Å². The Morgan fingerprint density at radius 2 is 2.17 bits per heavy atom. The van der Waals surface area contributed by atoms with Gasteiger partial charge in [0, 0.05) is 11.1 Å². The van der Waals surface area contributed by atoms with Crippen molar-refractivity contribution in [2.75, 3.05) is 0 Å². The molecule has 4 nitrogen and oxygen atoms in total. The van der Waals surface area contributed by atoms with Crippen LogP contribution >= 0.6 is 0 Å². The summed E-state index contributed by atoms with van der Waals surface area (Å²) in [5.41, 5.74) is 3.66. The number of para-hydroxylation sites is 1. The molecule has 0 bridgehead atoms. The molecule has 4 heteroatoms. The zero-order chi connectivity index (χ0) is 12.4. The summed E-state index contributed by atoms with van der Waals surface area (Å²) >= 11 is 0. The van der Waals surface area contributed by atoms with Gasteiger partial charge in [-0.15, -0.1) is 0 Å². The molecule has 88 valence electrons. The number of imidazole rings is 1. The van der Waals surface area contributed by atoms with Crippen molar-refractivity contribution in [3.63, 3.8) is 0 Å². The Labute approximate surface area is 104 Å². The van der Waals surface area contributed by atoms with E-state index in [1.807, 2.05) is 31.2 Å². The maximum Gasteiger partial charge on any atom is 0.0961 e. The molecule has 0 aliphatic carbocycles. The second-order valence-electron chi connectivity index (χ2n) is 4.07. The van der Waals surface area contributed by atoms with Crippen molar-refractivity contribution in [1.82, 2.24) is 15.0 Å². The summed E-state index contributed by atoms with van der Waals surface area (Å²) in [6, 6.07) is 10.1. The first kappa shape index (κ1) is 10.7. The van der Waals surface area contributed by atoms with Crippen molar-refractivity contribution >= 4 is 22.8 Å². The highest BCUT2D eigenvalue weighted by atomic mass is 14.9. The van der Waals surface area contributed by atoms with Crippen molar-refractivity contribution in [3.8, 4) is 0 Å². The predicted molar refractivity (Wildman–Crippen MR) is 72.3 cm³/mol. The van der Waals surface area contributed by atoms with Crippen LogP contribution < -0.4 is 0 Å². The Kier molecular flexibility index (Phi) is 2.61. The van der Waals surface area contributed by atoms with Crippen LogP contribution in [-0.2, 0) is 0 Å². The van der Waals surface area contributed by atoms with E-state index in [-0.39, 0.29) is 0 Å². The number of aromatic amines is 1. The molecule has 0 saturated heterocycles. The Balaban J connectivity index is 2.09. The van der Waals surface area contributed by atoms with Gasteiger partial charge < -0.3 is 4.98 Å². The molecular formula is C14H12N4. The first-order chi connectivity index (χ1) is 8.83. The number of aryl methyl sites for hydroxylation is 1. The highest BCUT2D eigenvalue weighted by Crippen LogP contribution is 2.24. The van der Waals surface area contributed by atoms with Crippen LogP contribution in [0, 0.1) is 6.92 Å². The minimum absolute atomic E-state index is 0.866. The van der Waals surface area contributed by atoms with E-state index in [9.17, 15) is 0 Å². The van der Waals surface area contributed by atoms with Gasteiger partial charge in [0.25, 0.3) is 0 Å². The highest BCUT2D eigenvalue weighted by Gasteiger charge is 2.00. The van der Waals surface area contributed by atoms with Crippen molar-refractivity contribution in [2.24, 2.45) is 4.99 Å². The van der Waals surface area contributed by atoms with Gasteiger partial charge in [0.15, 0.2) is 0 Å². The van der Waals surface area contributed by atoms with Crippen LogP contribution in [0.2, 0.25) is 0 Å². The number of benzene rings is 1. The van der Waals surface area contributed by atoms with Crippen molar-refractivity contribution in [2.45, 2.75) is 6.92 Å². The Hall–Kier alpha value is -2.49. The van der Waals surface area contributed by atoms with Gasteiger partial charge in [-0.05, 0) is 19.1 Å². The second-order valence-corrected chi connectivity index (χ2v) is 4.07. The fraction of sp³-hybridized carbons (Fsp3) is 0.0714. The summed E-state index contributed by atoms with van der Waals surface area (Å²) in [6.45, 7) is 1.98. The summed E-state index contributed by atoms with van der Waals surface area (Å²) in [7, 11) is 0. The monoisotopic (exact) mass is 236 g/mol. The van der Waals surface area contributed by atoms with Crippen LogP contribution in [0.3, 0.4) is 0 Å². The van der Waals surface area contributed by atoms with Gasteiger partial charge in [-0.2, -0.15) is 0 Å². The molecule has 3 rings (SSSR count). The largest absolute Gasteiger partial charge is 0.344 e. The molecule has 0 saturated carbocycles. The standard InChI is InChI=1S/C14H12N4/c1-10-5-6-11-3-2-4-13(14(11)18-10)16-8-12-7-15-9-17-12/h2-9H,1H3,(H,15,17). The van der Waals surface area contributed by atoms with Crippen molar-refractivity contribution in [1.29, 1.82) is 0 Å². The van der Waals surface area contributed by atoms with Crippen LogP contribution in [0.5, 0.6) is 0 Å². The van der Waals surface area contributed by atoms with Crippen LogP contribution in [0.1, 0.15) is 11.4 Å². The number of fused-ring (bicyclic) bond motifs is 1. The van der Waals surface area contributed by atoms with E-state index in [4.69, 9.17) is 0 Å². The maximum atomic E-state index is 4.54. The fourth-order valence-electron chi connectivity index (χ4n) is 1.81. The molecule has 2 heterocycles. The minimum atomic E-state index is 0.866. The second kappa shape index (κ2) is 4.41. The van der Waals surface area contributed by atoms with Crippen LogP contribution in [-0.4, -0.2) is 21.2 Å². The molecule has 0 radical (unpaired) electrons. The third kappa shape index (κ3) is 2.00. The van der Waals surface area contributed by atoms with E-state index in [0.717, 1.165) is 28.0 Å². The Morgan fingerprint density at radius 3 is 3.00 bits per heavy atom. The lowest BCUT2D eigenvalue weighted by molar-refractivity contribution is 1.25. The average molecular weight is 236 g/mol. The molecule has 0 atom stereocenters. The van der Waals surface area contributed by atoms with E-state index in [2.05, 4.69) is 26.0 Å². The number of pyridine rings is 1. The molecule has 0 aliphatic heterocycles. The van der Waals surface area contributed by atoms with E-state index in [0.29, 0.717) is 0 Å². The van der Waals surface area contributed by atoms with E-state index < -0.39 is 0 Å². The molecule has 3 aromatic rings. The molecule has 1 aromatic carbocycles. The Morgan fingerprint density at radius 1 is 1.22 bits per heavy atom. The Bertz CT molecular complexity index is 699. The van der Waals surface area contributed by atoms with Gasteiger partial charge in [0.2, 0.25) is 0 Å². The fourth-order valence-corrected chi connectivity index (χ4v) is 1.81. The average Bonchev–Trinajstić information content (AvgIpc) is 2.89. The number of H-pyrrole nitrogens is 1. The number of nitrogens with zero attached hydrogens (tertiary/aromatic N) is 3. The number of hydrogen-bond donors (Lipinski definition) is 1. The third-order valence-corrected chi connectivity index (χ3v) is 2.70. The molecule has 0 aliphatic rings. The molecule has 2 aromatic heterocycles. The summed E-state index contributed by atoms with van der Waals surface area (Å²) in [6.07, 6.45) is 5.12. The minimum Gasteiger partial charge on any atom is -0.344 e.